The molecule has 0 spiro atoms. The minimum absolute atomic E-state index is 0.107. The Morgan fingerprint density at radius 3 is 2.24 bits per heavy atom. The second-order valence-corrected chi connectivity index (χ2v) is 13.0. The van der Waals surface area contributed by atoms with Gasteiger partial charge in [-0.1, -0.05) is 91.3 Å². The topological polar surface area (TPSA) is 100 Å². The third kappa shape index (κ3) is 8.59. The number of hydrogen-bond acceptors (Lipinski definition) is 6. The summed E-state index contributed by atoms with van der Waals surface area (Å²) in [6.07, 6.45) is 2.24. The number of thiazole rings is 1. The SMILES string of the molecule is CCC(Sc1cccc(NC(=O)/C(=C/c2ccc(C)cc2)NC(=O)c2ccccc2)c1)C(=O)Nc1nc(-c2ccccc2)c(C)s1. The monoisotopic (exact) mass is 646 g/mol. The average Bonchev–Trinajstić information content (AvgIpc) is 3.44. The van der Waals surface area contributed by atoms with E-state index in [0.717, 1.165) is 32.2 Å². The molecule has 0 bridgehead atoms. The van der Waals surface area contributed by atoms with Crippen LogP contribution in [0.1, 0.15) is 39.7 Å². The van der Waals surface area contributed by atoms with E-state index in [9.17, 15) is 14.4 Å². The number of nitrogens with zero attached hydrogens (tertiary/aromatic N) is 1. The summed E-state index contributed by atoms with van der Waals surface area (Å²) in [5.41, 5.74) is 4.82. The highest BCUT2D eigenvalue weighted by molar-refractivity contribution is 8.00. The summed E-state index contributed by atoms with van der Waals surface area (Å²) in [7, 11) is 0. The highest BCUT2D eigenvalue weighted by Crippen LogP contribution is 2.32. The third-order valence-electron chi connectivity index (χ3n) is 7.02. The molecular formula is C37H34N4O3S2. The minimum Gasteiger partial charge on any atom is -0.321 e. The smallest absolute Gasteiger partial charge is 0.272 e. The Morgan fingerprint density at radius 1 is 0.848 bits per heavy atom. The van der Waals surface area contributed by atoms with Gasteiger partial charge in [0, 0.05) is 26.6 Å². The van der Waals surface area contributed by atoms with Gasteiger partial charge in [0.15, 0.2) is 5.13 Å². The number of aromatic nitrogens is 1. The lowest BCUT2D eigenvalue weighted by atomic mass is 10.1. The van der Waals surface area contributed by atoms with Gasteiger partial charge in [-0.25, -0.2) is 4.98 Å². The fraction of sp³-hybridized carbons (Fsp3) is 0.135. The van der Waals surface area contributed by atoms with Crippen molar-refractivity contribution in [3.63, 3.8) is 0 Å². The van der Waals surface area contributed by atoms with E-state index in [1.807, 2.05) is 99.6 Å². The molecule has 0 aliphatic carbocycles. The molecule has 3 amide bonds. The van der Waals surface area contributed by atoms with Crippen LogP contribution in [-0.4, -0.2) is 28.0 Å². The number of aryl methyl sites for hydroxylation is 2. The lowest BCUT2D eigenvalue weighted by molar-refractivity contribution is -0.116. The van der Waals surface area contributed by atoms with Crippen molar-refractivity contribution in [2.75, 3.05) is 10.6 Å². The van der Waals surface area contributed by atoms with Crippen LogP contribution >= 0.6 is 23.1 Å². The molecule has 0 saturated heterocycles. The maximum absolute atomic E-state index is 13.5. The van der Waals surface area contributed by atoms with E-state index in [2.05, 4.69) is 20.9 Å². The predicted octanol–water partition coefficient (Wildman–Crippen LogP) is 8.35. The number of anilines is 2. The Morgan fingerprint density at radius 2 is 1.54 bits per heavy atom. The molecule has 0 fully saturated rings. The summed E-state index contributed by atoms with van der Waals surface area (Å²) < 4.78 is 0. The van der Waals surface area contributed by atoms with Gasteiger partial charge in [-0.05, 0) is 62.2 Å². The summed E-state index contributed by atoms with van der Waals surface area (Å²) in [6, 6.07) is 33.6. The van der Waals surface area contributed by atoms with E-state index >= 15 is 0 Å². The number of benzene rings is 4. The highest BCUT2D eigenvalue weighted by Gasteiger charge is 2.21. The molecule has 3 N–H and O–H groups in total. The van der Waals surface area contributed by atoms with Crippen LogP contribution in [-0.2, 0) is 9.59 Å². The van der Waals surface area contributed by atoms with Crippen molar-refractivity contribution >= 4 is 57.7 Å². The number of hydrogen-bond donors (Lipinski definition) is 3. The van der Waals surface area contributed by atoms with Gasteiger partial charge < -0.3 is 16.0 Å². The molecule has 5 aromatic rings. The van der Waals surface area contributed by atoms with Crippen LogP contribution in [0.2, 0.25) is 0 Å². The van der Waals surface area contributed by atoms with Crippen LogP contribution in [0.25, 0.3) is 17.3 Å². The molecule has 9 heteroatoms. The van der Waals surface area contributed by atoms with Crippen molar-refractivity contribution in [2.24, 2.45) is 0 Å². The molecule has 46 heavy (non-hydrogen) atoms. The van der Waals surface area contributed by atoms with Crippen molar-refractivity contribution in [1.29, 1.82) is 0 Å². The molecule has 0 aliphatic heterocycles. The van der Waals surface area contributed by atoms with E-state index in [1.165, 1.54) is 23.1 Å². The average molecular weight is 647 g/mol. The standard InChI is InChI=1S/C37H34N4O3S2/c1-4-32(36(44)41-37-40-33(25(3)45-37)27-12-7-5-8-13-27)46-30-17-11-16-29(23-30)38-35(43)31(22-26-20-18-24(2)19-21-26)39-34(42)28-14-9-6-10-15-28/h5-23,32H,4H2,1-3H3,(H,38,43)(H,39,42)(H,40,41,44)/b31-22-. The molecule has 1 heterocycles. The summed E-state index contributed by atoms with van der Waals surface area (Å²) >= 11 is 2.87. The fourth-order valence-corrected chi connectivity index (χ4v) is 6.46. The molecule has 1 atom stereocenters. The summed E-state index contributed by atoms with van der Waals surface area (Å²) in [5, 5.41) is 8.86. The van der Waals surface area contributed by atoms with Crippen LogP contribution in [0.5, 0.6) is 0 Å². The van der Waals surface area contributed by atoms with Crippen molar-refractivity contribution in [1.82, 2.24) is 10.3 Å². The van der Waals surface area contributed by atoms with Crippen LogP contribution in [0.4, 0.5) is 10.8 Å². The lowest BCUT2D eigenvalue weighted by Gasteiger charge is -2.15. The number of nitrogens with one attached hydrogen (secondary N) is 3. The van der Waals surface area contributed by atoms with E-state index < -0.39 is 5.91 Å². The first-order chi connectivity index (χ1) is 22.3. The Bertz CT molecular complexity index is 1850. The second kappa shape index (κ2) is 15.3. The van der Waals surface area contributed by atoms with E-state index in [4.69, 9.17) is 0 Å². The van der Waals surface area contributed by atoms with Crippen molar-refractivity contribution in [3.8, 4) is 11.3 Å². The van der Waals surface area contributed by atoms with Crippen molar-refractivity contribution in [2.45, 2.75) is 37.3 Å². The number of carbonyl (C=O) groups is 3. The third-order valence-corrected chi connectivity index (χ3v) is 9.27. The van der Waals surface area contributed by atoms with Gasteiger partial charge in [-0.15, -0.1) is 23.1 Å². The Balaban J connectivity index is 1.28. The number of rotatable bonds is 11. The van der Waals surface area contributed by atoms with Gasteiger partial charge in [0.2, 0.25) is 5.91 Å². The van der Waals surface area contributed by atoms with Crippen molar-refractivity contribution in [3.05, 3.63) is 136 Å². The van der Waals surface area contributed by atoms with Crippen LogP contribution in [0, 0.1) is 13.8 Å². The largest absolute Gasteiger partial charge is 0.321 e. The maximum Gasteiger partial charge on any atom is 0.272 e. The number of thioether (sulfide) groups is 1. The molecule has 232 valence electrons. The van der Waals surface area contributed by atoms with Gasteiger partial charge in [-0.2, -0.15) is 0 Å². The molecule has 5 rings (SSSR count). The van der Waals surface area contributed by atoms with E-state index in [1.54, 1.807) is 36.4 Å². The lowest BCUT2D eigenvalue weighted by Crippen LogP contribution is -2.30. The Kier molecular flexibility index (Phi) is 10.8. The van der Waals surface area contributed by atoms with Crippen LogP contribution in [0.15, 0.2) is 120 Å². The van der Waals surface area contributed by atoms with Gasteiger partial charge >= 0.3 is 0 Å². The Labute approximate surface area is 277 Å². The second-order valence-electron chi connectivity index (χ2n) is 10.6. The zero-order chi connectivity index (χ0) is 32.5. The number of amides is 3. The van der Waals surface area contributed by atoms with Gasteiger partial charge in [0.1, 0.15) is 5.70 Å². The molecule has 0 aliphatic rings. The van der Waals surface area contributed by atoms with E-state index in [-0.39, 0.29) is 22.8 Å². The first-order valence-electron chi connectivity index (χ1n) is 14.9. The zero-order valence-corrected chi connectivity index (χ0v) is 27.4. The van der Waals surface area contributed by atoms with Crippen molar-refractivity contribution < 1.29 is 14.4 Å². The molecule has 1 unspecified atom stereocenters. The molecule has 4 aromatic carbocycles. The van der Waals surface area contributed by atoms with Crippen LogP contribution in [0.3, 0.4) is 0 Å². The summed E-state index contributed by atoms with van der Waals surface area (Å²) in [5.74, 6) is -0.992. The summed E-state index contributed by atoms with van der Waals surface area (Å²) in [6.45, 7) is 5.94. The van der Waals surface area contributed by atoms with E-state index in [0.29, 0.717) is 22.8 Å². The van der Waals surface area contributed by atoms with Gasteiger partial charge in [0.25, 0.3) is 11.8 Å². The maximum atomic E-state index is 13.5. The molecule has 7 nitrogen and oxygen atoms in total. The molecule has 0 radical (unpaired) electrons. The first-order valence-corrected chi connectivity index (χ1v) is 16.5. The fourth-order valence-electron chi connectivity index (χ4n) is 4.60. The molecule has 1 aromatic heterocycles. The van der Waals surface area contributed by atoms with Crippen LogP contribution < -0.4 is 16.0 Å². The Hall–Kier alpha value is -4.99. The first kappa shape index (κ1) is 32.4. The van der Waals surface area contributed by atoms with Gasteiger partial charge in [-0.3, -0.25) is 14.4 Å². The zero-order valence-electron chi connectivity index (χ0n) is 25.7. The highest BCUT2D eigenvalue weighted by atomic mass is 32.2. The molecular weight excluding hydrogens is 613 g/mol. The molecule has 0 saturated carbocycles. The predicted molar refractivity (Wildman–Crippen MR) is 189 cm³/mol. The summed E-state index contributed by atoms with van der Waals surface area (Å²) in [4.78, 5) is 46.3. The number of carbonyl (C=O) groups excluding carboxylic acids is 3. The minimum atomic E-state index is -0.467. The normalized spacial score (nSPS) is 11.8. The van der Waals surface area contributed by atoms with Gasteiger partial charge in [0.05, 0.1) is 10.9 Å². The quantitative estimate of drug-likeness (QED) is 0.0990.